The molecule has 0 spiro atoms. The minimum atomic E-state index is -0.228. The molecule has 0 saturated carbocycles. The summed E-state index contributed by atoms with van der Waals surface area (Å²) in [7, 11) is 1.87. The highest BCUT2D eigenvalue weighted by atomic mass is 16.2. The fourth-order valence-corrected chi connectivity index (χ4v) is 1.53. The van der Waals surface area contributed by atoms with E-state index in [0.717, 1.165) is 5.69 Å². The number of hydrogen-bond donors (Lipinski definition) is 2. The van der Waals surface area contributed by atoms with Crippen LogP contribution in [0.15, 0.2) is 12.5 Å². The van der Waals surface area contributed by atoms with Crippen molar-refractivity contribution in [2.24, 2.45) is 0 Å². The number of imidazole rings is 1. The average Bonchev–Trinajstić information content (AvgIpc) is 2.64. The van der Waals surface area contributed by atoms with Crippen LogP contribution in [0.5, 0.6) is 0 Å². The Balaban J connectivity index is 2.75. The van der Waals surface area contributed by atoms with Crippen LogP contribution in [0.25, 0.3) is 0 Å². The largest absolute Gasteiger partial charge is 0.352 e. The number of hydrogen-bond acceptors (Lipinski definition) is 3. The molecule has 2 N–H and O–H groups in total. The molecular formula is C11H20N4O. The van der Waals surface area contributed by atoms with Crippen molar-refractivity contribution >= 4 is 5.91 Å². The second-order valence-electron chi connectivity index (χ2n) is 4.16. The summed E-state index contributed by atoms with van der Waals surface area (Å²) < 4.78 is 1.88. The molecule has 5 nitrogen and oxygen atoms in total. The summed E-state index contributed by atoms with van der Waals surface area (Å²) in [6.45, 7) is 6.48. The Hall–Kier alpha value is -1.36. The van der Waals surface area contributed by atoms with E-state index < -0.39 is 0 Å². The maximum atomic E-state index is 11.8. The quantitative estimate of drug-likeness (QED) is 0.773. The number of nitrogens with zero attached hydrogens (tertiary/aromatic N) is 2. The Morgan fingerprint density at radius 1 is 1.50 bits per heavy atom. The van der Waals surface area contributed by atoms with Crippen LogP contribution >= 0.6 is 0 Å². The van der Waals surface area contributed by atoms with Gasteiger partial charge in [-0.1, -0.05) is 0 Å². The first-order valence-electron chi connectivity index (χ1n) is 5.52. The molecule has 1 heterocycles. The molecule has 0 saturated heterocycles. The number of carbonyl (C=O) groups is 1. The molecule has 1 unspecified atom stereocenters. The second kappa shape index (κ2) is 5.65. The zero-order valence-corrected chi connectivity index (χ0v) is 10.3. The van der Waals surface area contributed by atoms with Crippen molar-refractivity contribution in [2.75, 3.05) is 7.05 Å². The van der Waals surface area contributed by atoms with Crippen molar-refractivity contribution in [1.29, 1.82) is 0 Å². The Bertz CT molecular complexity index is 346. The summed E-state index contributed by atoms with van der Waals surface area (Å²) in [5.41, 5.74) is 1.01. The number of nitrogens with one attached hydrogen (secondary N) is 2. The van der Waals surface area contributed by atoms with Gasteiger partial charge in [-0.25, -0.2) is 4.98 Å². The molecule has 0 aliphatic heterocycles. The van der Waals surface area contributed by atoms with Gasteiger partial charge in [0.1, 0.15) is 6.04 Å². The zero-order valence-electron chi connectivity index (χ0n) is 10.3. The van der Waals surface area contributed by atoms with E-state index in [0.29, 0.717) is 6.54 Å². The van der Waals surface area contributed by atoms with Crippen LogP contribution in [0.3, 0.4) is 0 Å². The molecule has 90 valence electrons. The highest BCUT2D eigenvalue weighted by molar-refractivity contribution is 5.80. The van der Waals surface area contributed by atoms with E-state index in [4.69, 9.17) is 0 Å². The van der Waals surface area contributed by atoms with E-state index in [1.54, 1.807) is 12.5 Å². The van der Waals surface area contributed by atoms with Crippen molar-refractivity contribution in [2.45, 2.75) is 39.4 Å². The highest BCUT2D eigenvalue weighted by Gasteiger charge is 2.17. The minimum Gasteiger partial charge on any atom is -0.352 e. The molecular weight excluding hydrogens is 204 g/mol. The van der Waals surface area contributed by atoms with E-state index in [9.17, 15) is 4.79 Å². The first-order valence-corrected chi connectivity index (χ1v) is 5.52. The van der Waals surface area contributed by atoms with Crippen LogP contribution in [0.1, 0.15) is 32.5 Å². The van der Waals surface area contributed by atoms with E-state index in [-0.39, 0.29) is 18.0 Å². The van der Waals surface area contributed by atoms with Gasteiger partial charge in [0, 0.05) is 18.8 Å². The topological polar surface area (TPSA) is 59.0 Å². The van der Waals surface area contributed by atoms with Crippen molar-refractivity contribution < 1.29 is 4.79 Å². The van der Waals surface area contributed by atoms with E-state index in [1.165, 1.54) is 0 Å². The zero-order chi connectivity index (χ0) is 12.1. The summed E-state index contributed by atoms with van der Waals surface area (Å²) in [5, 5.41) is 5.94. The number of rotatable bonds is 5. The molecule has 1 aromatic rings. The van der Waals surface area contributed by atoms with Crippen molar-refractivity contribution in [3.05, 3.63) is 18.2 Å². The van der Waals surface area contributed by atoms with Gasteiger partial charge >= 0.3 is 0 Å². The lowest BCUT2D eigenvalue weighted by Gasteiger charge is -2.17. The van der Waals surface area contributed by atoms with Crippen LogP contribution in [0.2, 0.25) is 0 Å². The van der Waals surface area contributed by atoms with Crippen LogP contribution in [0.4, 0.5) is 0 Å². The summed E-state index contributed by atoms with van der Waals surface area (Å²) in [6.07, 6.45) is 3.47. The third-order valence-corrected chi connectivity index (χ3v) is 2.33. The van der Waals surface area contributed by atoms with Crippen LogP contribution in [0, 0.1) is 0 Å². The molecule has 16 heavy (non-hydrogen) atoms. The van der Waals surface area contributed by atoms with Crippen LogP contribution < -0.4 is 10.6 Å². The van der Waals surface area contributed by atoms with Gasteiger partial charge < -0.3 is 15.2 Å². The number of carbonyl (C=O) groups excluding carboxylic acids is 1. The van der Waals surface area contributed by atoms with E-state index >= 15 is 0 Å². The van der Waals surface area contributed by atoms with Crippen molar-refractivity contribution in [3.63, 3.8) is 0 Å². The van der Waals surface area contributed by atoms with Gasteiger partial charge in [-0.3, -0.25) is 4.79 Å². The van der Waals surface area contributed by atoms with Gasteiger partial charge in [-0.2, -0.15) is 0 Å². The van der Waals surface area contributed by atoms with E-state index in [1.807, 2.05) is 32.4 Å². The van der Waals surface area contributed by atoms with Crippen molar-refractivity contribution in [1.82, 2.24) is 20.2 Å². The predicted molar refractivity (Wildman–Crippen MR) is 63.0 cm³/mol. The SMILES string of the molecule is CNCc1cncn1C(C)C(=O)NC(C)C. The smallest absolute Gasteiger partial charge is 0.243 e. The second-order valence-corrected chi connectivity index (χ2v) is 4.16. The molecule has 0 aliphatic rings. The minimum absolute atomic E-state index is 0.0188. The Morgan fingerprint density at radius 2 is 2.19 bits per heavy atom. The van der Waals surface area contributed by atoms with Crippen molar-refractivity contribution in [3.8, 4) is 0 Å². The first-order chi connectivity index (χ1) is 7.56. The first kappa shape index (κ1) is 12.7. The van der Waals surface area contributed by atoms with E-state index in [2.05, 4.69) is 15.6 Å². The highest BCUT2D eigenvalue weighted by Crippen LogP contribution is 2.10. The van der Waals surface area contributed by atoms with Crippen LogP contribution in [-0.4, -0.2) is 28.5 Å². The molecule has 0 bridgehead atoms. The molecule has 0 aliphatic carbocycles. The standard InChI is InChI=1S/C11H20N4O/c1-8(2)14-11(16)9(3)15-7-13-6-10(15)5-12-4/h6-9,12H,5H2,1-4H3,(H,14,16). The molecule has 0 aromatic carbocycles. The summed E-state index contributed by atoms with van der Waals surface area (Å²) in [4.78, 5) is 15.9. The van der Waals surface area contributed by atoms with Crippen LogP contribution in [-0.2, 0) is 11.3 Å². The Morgan fingerprint density at radius 3 is 2.75 bits per heavy atom. The number of amides is 1. The molecule has 1 aromatic heterocycles. The monoisotopic (exact) mass is 224 g/mol. The molecule has 1 rings (SSSR count). The Kier molecular flexibility index (Phi) is 4.49. The van der Waals surface area contributed by atoms with Gasteiger partial charge in [0.25, 0.3) is 0 Å². The molecule has 0 fully saturated rings. The molecule has 1 amide bonds. The summed E-state index contributed by atoms with van der Waals surface area (Å²) in [5.74, 6) is 0.0188. The summed E-state index contributed by atoms with van der Waals surface area (Å²) in [6, 6.07) is -0.0699. The van der Waals surface area contributed by atoms with Gasteiger partial charge in [0.15, 0.2) is 0 Å². The summed E-state index contributed by atoms with van der Waals surface area (Å²) >= 11 is 0. The van der Waals surface area contributed by atoms with Gasteiger partial charge in [0.05, 0.1) is 12.0 Å². The average molecular weight is 224 g/mol. The lowest BCUT2D eigenvalue weighted by Crippen LogP contribution is -2.36. The van der Waals surface area contributed by atoms with Gasteiger partial charge in [-0.15, -0.1) is 0 Å². The molecule has 5 heteroatoms. The lowest BCUT2D eigenvalue weighted by molar-refractivity contribution is -0.124. The third kappa shape index (κ3) is 3.06. The lowest BCUT2D eigenvalue weighted by atomic mass is 10.2. The Labute approximate surface area is 96.3 Å². The maximum Gasteiger partial charge on any atom is 0.243 e. The fourth-order valence-electron chi connectivity index (χ4n) is 1.53. The number of aromatic nitrogens is 2. The normalized spacial score (nSPS) is 12.8. The molecule has 1 atom stereocenters. The maximum absolute atomic E-state index is 11.8. The molecule has 0 radical (unpaired) electrons. The van der Waals surface area contributed by atoms with Gasteiger partial charge in [0.2, 0.25) is 5.91 Å². The third-order valence-electron chi connectivity index (χ3n) is 2.33. The van der Waals surface area contributed by atoms with Gasteiger partial charge in [-0.05, 0) is 27.8 Å². The predicted octanol–water partition coefficient (Wildman–Crippen LogP) is 0.688. The fraction of sp³-hybridized carbons (Fsp3) is 0.636.